The molecule has 0 aliphatic heterocycles. The fraction of sp³-hybridized carbons (Fsp3) is 0.333. The van der Waals surface area contributed by atoms with Gasteiger partial charge in [0, 0.05) is 16.7 Å². The van der Waals surface area contributed by atoms with Gasteiger partial charge in [-0.25, -0.2) is 0 Å². The number of rotatable bonds is 9. The predicted octanol–water partition coefficient (Wildman–Crippen LogP) is 6.06. The van der Waals surface area contributed by atoms with Crippen LogP contribution in [-0.4, -0.2) is 32.3 Å². The average Bonchev–Trinajstić information content (AvgIpc) is 3.22. The molecule has 1 atom stereocenters. The zero-order chi connectivity index (χ0) is 24.8. The molecule has 0 fully saturated rings. The summed E-state index contributed by atoms with van der Waals surface area (Å²) < 4.78 is 2.87. The molecule has 0 spiro atoms. The highest BCUT2D eigenvalue weighted by molar-refractivity contribution is 9.10. The van der Waals surface area contributed by atoms with Crippen LogP contribution < -0.4 is 10.6 Å². The lowest BCUT2D eigenvalue weighted by Crippen LogP contribution is -2.29. The van der Waals surface area contributed by atoms with Gasteiger partial charge in [-0.05, 0) is 55.7 Å². The number of hydrogen-bond acceptors (Lipinski definition) is 5. The Morgan fingerprint density at radius 3 is 2.56 bits per heavy atom. The third-order valence-electron chi connectivity index (χ3n) is 5.16. The average molecular weight is 565 g/mol. The smallest absolute Gasteiger partial charge is 0.253 e. The second-order valence-electron chi connectivity index (χ2n) is 7.98. The molecule has 2 amide bonds. The molecule has 0 bridgehead atoms. The second kappa shape index (κ2) is 11.9. The first kappa shape index (κ1) is 26.2. The van der Waals surface area contributed by atoms with Crippen LogP contribution in [0.3, 0.4) is 0 Å². The Labute approximate surface area is 217 Å². The quantitative estimate of drug-likeness (QED) is 0.309. The maximum absolute atomic E-state index is 12.6. The van der Waals surface area contributed by atoms with Gasteiger partial charge in [0.05, 0.1) is 22.4 Å². The highest BCUT2D eigenvalue weighted by Crippen LogP contribution is 2.28. The molecule has 0 aliphatic carbocycles. The Kier molecular flexibility index (Phi) is 9.16. The molecule has 2 N–H and O–H groups in total. The van der Waals surface area contributed by atoms with Gasteiger partial charge in [-0.15, -0.1) is 10.2 Å². The first-order valence-corrected chi connectivity index (χ1v) is 13.1. The SMILES string of the molecule is CCn1c(SCC(=O)Nc2ccc(Br)cc2C(C)C)nnc1[C@H](C)NC(=O)c1ccccc1Cl. The predicted molar refractivity (Wildman–Crippen MR) is 141 cm³/mol. The van der Waals surface area contributed by atoms with Crippen LogP contribution >= 0.6 is 39.3 Å². The van der Waals surface area contributed by atoms with Crippen molar-refractivity contribution in [2.24, 2.45) is 0 Å². The second-order valence-corrected chi connectivity index (χ2v) is 10.2. The number of thioether (sulfide) groups is 1. The molecular formula is C24H27BrClN5O2S. The van der Waals surface area contributed by atoms with Crippen LogP contribution in [0, 0.1) is 0 Å². The van der Waals surface area contributed by atoms with Crippen molar-refractivity contribution in [3.05, 3.63) is 68.9 Å². The minimum atomic E-state index is -0.393. The van der Waals surface area contributed by atoms with Crippen molar-refractivity contribution in [3.63, 3.8) is 0 Å². The van der Waals surface area contributed by atoms with Gasteiger partial charge >= 0.3 is 0 Å². The number of amides is 2. The summed E-state index contributed by atoms with van der Waals surface area (Å²) in [6.07, 6.45) is 0. The summed E-state index contributed by atoms with van der Waals surface area (Å²) in [5.74, 6) is 0.662. The topological polar surface area (TPSA) is 88.9 Å². The molecule has 3 rings (SSSR count). The number of carbonyl (C=O) groups is 2. The van der Waals surface area contributed by atoms with E-state index in [9.17, 15) is 9.59 Å². The van der Waals surface area contributed by atoms with Gasteiger partial charge in [-0.3, -0.25) is 9.59 Å². The number of carbonyl (C=O) groups excluding carboxylic acids is 2. The highest BCUT2D eigenvalue weighted by atomic mass is 79.9. The molecule has 180 valence electrons. The molecule has 7 nitrogen and oxygen atoms in total. The lowest BCUT2D eigenvalue weighted by atomic mass is 10.0. The summed E-state index contributed by atoms with van der Waals surface area (Å²) in [5.41, 5.74) is 2.27. The van der Waals surface area contributed by atoms with Crippen LogP contribution in [0.5, 0.6) is 0 Å². The lowest BCUT2D eigenvalue weighted by Gasteiger charge is -2.16. The van der Waals surface area contributed by atoms with Crippen molar-refractivity contribution in [3.8, 4) is 0 Å². The standard InChI is InChI=1S/C24H27BrClN5O2S/c1-5-31-22(15(4)27-23(33)17-8-6-7-9-19(17)26)29-30-24(31)34-13-21(32)28-20-11-10-16(25)12-18(20)14(2)3/h6-12,14-15H,5,13H2,1-4H3,(H,27,33)(H,28,32)/t15-/m0/s1. The third-order valence-corrected chi connectivity index (χ3v) is 6.95. The maximum atomic E-state index is 12.6. The summed E-state index contributed by atoms with van der Waals surface area (Å²) in [5, 5.41) is 15.5. The van der Waals surface area contributed by atoms with E-state index in [4.69, 9.17) is 11.6 Å². The van der Waals surface area contributed by atoms with Crippen molar-refractivity contribution in [2.75, 3.05) is 11.1 Å². The number of nitrogens with zero attached hydrogens (tertiary/aromatic N) is 3. The van der Waals surface area contributed by atoms with Crippen LogP contribution in [-0.2, 0) is 11.3 Å². The van der Waals surface area contributed by atoms with Crippen LogP contribution in [0.1, 0.15) is 61.4 Å². The largest absolute Gasteiger partial charge is 0.342 e. The van der Waals surface area contributed by atoms with Gasteiger partial charge in [0.1, 0.15) is 0 Å². The zero-order valence-electron chi connectivity index (χ0n) is 19.4. The fourth-order valence-electron chi connectivity index (χ4n) is 3.45. The lowest BCUT2D eigenvalue weighted by molar-refractivity contribution is -0.113. The Bertz CT molecular complexity index is 1180. The van der Waals surface area contributed by atoms with Gasteiger partial charge in [-0.2, -0.15) is 0 Å². The first-order valence-electron chi connectivity index (χ1n) is 10.9. The summed E-state index contributed by atoms with van der Waals surface area (Å²) in [4.78, 5) is 25.3. The number of hydrogen-bond donors (Lipinski definition) is 2. The van der Waals surface area contributed by atoms with Gasteiger partial charge in [0.25, 0.3) is 5.91 Å². The Morgan fingerprint density at radius 1 is 1.15 bits per heavy atom. The number of halogens is 2. The van der Waals surface area contributed by atoms with Gasteiger partial charge in [0.15, 0.2) is 11.0 Å². The van der Waals surface area contributed by atoms with Crippen LogP contribution in [0.4, 0.5) is 5.69 Å². The summed E-state index contributed by atoms with van der Waals surface area (Å²) in [6, 6.07) is 12.3. The van der Waals surface area contributed by atoms with E-state index in [0.717, 1.165) is 15.7 Å². The number of nitrogens with one attached hydrogen (secondary N) is 2. The molecule has 34 heavy (non-hydrogen) atoms. The molecule has 1 aromatic heterocycles. The van der Waals surface area contributed by atoms with E-state index in [2.05, 4.69) is 50.6 Å². The minimum Gasteiger partial charge on any atom is -0.342 e. The number of anilines is 1. The Hall–Kier alpha value is -2.36. The van der Waals surface area contributed by atoms with E-state index in [1.165, 1.54) is 11.8 Å². The maximum Gasteiger partial charge on any atom is 0.253 e. The van der Waals surface area contributed by atoms with Crippen LogP contribution in [0.2, 0.25) is 5.02 Å². The third kappa shape index (κ3) is 6.40. The fourth-order valence-corrected chi connectivity index (χ4v) is 4.86. The molecular weight excluding hydrogens is 538 g/mol. The van der Waals surface area contributed by atoms with Crippen LogP contribution in [0.25, 0.3) is 0 Å². The van der Waals surface area contributed by atoms with E-state index >= 15 is 0 Å². The number of benzene rings is 2. The van der Waals surface area contributed by atoms with Crippen LogP contribution in [0.15, 0.2) is 52.1 Å². The first-order chi connectivity index (χ1) is 16.2. The van der Waals surface area contributed by atoms with E-state index in [-0.39, 0.29) is 23.5 Å². The normalized spacial score (nSPS) is 12.0. The molecule has 2 aromatic carbocycles. The number of aromatic nitrogens is 3. The summed E-state index contributed by atoms with van der Waals surface area (Å²) in [7, 11) is 0. The molecule has 0 aliphatic rings. The van der Waals surface area contributed by atoms with Gasteiger partial charge in [0.2, 0.25) is 5.91 Å². The summed E-state index contributed by atoms with van der Waals surface area (Å²) in [6.45, 7) is 8.58. The van der Waals surface area contributed by atoms with E-state index in [0.29, 0.717) is 28.1 Å². The monoisotopic (exact) mass is 563 g/mol. The van der Waals surface area contributed by atoms with Crippen molar-refractivity contribution < 1.29 is 9.59 Å². The van der Waals surface area contributed by atoms with Crippen molar-refractivity contribution in [2.45, 2.75) is 51.4 Å². The molecule has 3 aromatic rings. The van der Waals surface area contributed by atoms with Gasteiger partial charge < -0.3 is 15.2 Å². The molecule has 0 unspecified atom stereocenters. The molecule has 1 heterocycles. The van der Waals surface area contributed by atoms with E-state index in [1.807, 2.05) is 36.6 Å². The summed E-state index contributed by atoms with van der Waals surface area (Å²) >= 11 is 10.9. The molecule has 0 radical (unpaired) electrons. The van der Waals surface area contributed by atoms with E-state index in [1.54, 1.807) is 24.3 Å². The Balaban J connectivity index is 1.66. The van der Waals surface area contributed by atoms with Crippen molar-refractivity contribution in [1.29, 1.82) is 0 Å². The Morgan fingerprint density at radius 2 is 1.88 bits per heavy atom. The van der Waals surface area contributed by atoms with Gasteiger partial charge in [-0.1, -0.05) is 65.3 Å². The minimum absolute atomic E-state index is 0.124. The van der Waals surface area contributed by atoms with Crippen molar-refractivity contribution in [1.82, 2.24) is 20.1 Å². The van der Waals surface area contributed by atoms with Crippen molar-refractivity contribution >= 4 is 56.8 Å². The molecule has 10 heteroatoms. The van der Waals surface area contributed by atoms with E-state index < -0.39 is 6.04 Å². The zero-order valence-corrected chi connectivity index (χ0v) is 22.6. The highest BCUT2D eigenvalue weighted by Gasteiger charge is 2.21. The molecule has 0 saturated heterocycles. The molecule has 0 saturated carbocycles.